The molecule has 1 aromatic rings. The SMILES string of the molecule is COc1cc(OC)c(C2=CCN(C(=O)CC(C)C)CC2)c(OC)c1. The van der Waals surface area contributed by atoms with E-state index in [1.807, 2.05) is 17.0 Å². The third-order valence-corrected chi connectivity index (χ3v) is 4.18. The molecule has 5 nitrogen and oxygen atoms in total. The molecule has 0 N–H and O–H groups in total. The second-order valence-electron chi connectivity index (χ2n) is 6.32. The summed E-state index contributed by atoms with van der Waals surface area (Å²) in [6.07, 6.45) is 3.47. The minimum absolute atomic E-state index is 0.217. The van der Waals surface area contributed by atoms with Crippen LogP contribution in [0.3, 0.4) is 0 Å². The molecular weight excluding hydrogens is 306 g/mol. The predicted molar refractivity (Wildman–Crippen MR) is 94.7 cm³/mol. The standard InChI is InChI=1S/C19H27NO4/c1-13(2)10-18(21)20-8-6-14(7-9-20)19-16(23-4)11-15(22-3)12-17(19)24-5/h6,11-13H,7-10H2,1-5H3. The molecule has 0 fully saturated rings. The molecule has 0 spiro atoms. The number of rotatable bonds is 6. The molecule has 1 aliphatic heterocycles. The van der Waals surface area contributed by atoms with Crippen molar-refractivity contribution in [3.8, 4) is 17.2 Å². The number of hydrogen-bond donors (Lipinski definition) is 0. The van der Waals surface area contributed by atoms with Gasteiger partial charge in [0.05, 0.1) is 26.9 Å². The zero-order chi connectivity index (χ0) is 17.7. The Balaban J connectivity index is 2.26. The van der Waals surface area contributed by atoms with E-state index < -0.39 is 0 Å². The lowest BCUT2D eigenvalue weighted by Crippen LogP contribution is -2.35. The Kier molecular flexibility index (Phi) is 6.12. The van der Waals surface area contributed by atoms with Gasteiger partial charge in [-0.3, -0.25) is 4.79 Å². The summed E-state index contributed by atoms with van der Waals surface area (Å²) in [5.41, 5.74) is 2.08. The van der Waals surface area contributed by atoms with Crippen molar-refractivity contribution in [2.45, 2.75) is 26.7 Å². The molecule has 24 heavy (non-hydrogen) atoms. The summed E-state index contributed by atoms with van der Waals surface area (Å²) in [6.45, 7) is 5.47. The topological polar surface area (TPSA) is 48.0 Å². The molecule has 0 atom stereocenters. The minimum Gasteiger partial charge on any atom is -0.496 e. The Morgan fingerprint density at radius 2 is 1.75 bits per heavy atom. The maximum atomic E-state index is 12.2. The molecule has 132 valence electrons. The Labute approximate surface area is 144 Å². The largest absolute Gasteiger partial charge is 0.496 e. The summed E-state index contributed by atoms with van der Waals surface area (Å²) >= 11 is 0. The molecule has 0 bridgehead atoms. The van der Waals surface area contributed by atoms with Crippen LogP contribution in [0.2, 0.25) is 0 Å². The van der Waals surface area contributed by atoms with Crippen molar-refractivity contribution in [3.63, 3.8) is 0 Å². The van der Waals surface area contributed by atoms with Crippen LogP contribution in [0.1, 0.15) is 32.3 Å². The lowest BCUT2D eigenvalue weighted by molar-refractivity contribution is -0.131. The third kappa shape index (κ3) is 4.02. The predicted octanol–water partition coefficient (Wildman–Crippen LogP) is 3.37. The first kappa shape index (κ1) is 18.2. The number of amides is 1. The fourth-order valence-corrected chi connectivity index (χ4v) is 2.92. The molecule has 1 amide bonds. The van der Waals surface area contributed by atoms with Gasteiger partial charge in [0.2, 0.25) is 5.91 Å². The van der Waals surface area contributed by atoms with Gasteiger partial charge in [0.25, 0.3) is 0 Å². The summed E-state index contributed by atoms with van der Waals surface area (Å²) in [6, 6.07) is 3.71. The number of methoxy groups -OCH3 is 3. The summed E-state index contributed by atoms with van der Waals surface area (Å²) in [7, 11) is 4.89. The zero-order valence-corrected chi connectivity index (χ0v) is 15.2. The Morgan fingerprint density at radius 1 is 1.12 bits per heavy atom. The summed E-state index contributed by atoms with van der Waals surface area (Å²) < 4.78 is 16.4. The highest BCUT2D eigenvalue weighted by Crippen LogP contribution is 2.40. The van der Waals surface area contributed by atoms with E-state index in [0.29, 0.717) is 24.6 Å². The van der Waals surface area contributed by atoms with Gasteiger partial charge in [-0.25, -0.2) is 0 Å². The van der Waals surface area contributed by atoms with Crippen molar-refractivity contribution in [2.75, 3.05) is 34.4 Å². The van der Waals surface area contributed by atoms with Crippen LogP contribution in [0.15, 0.2) is 18.2 Å². The van der Waals surface area contributed by atoms with Crippen LogP contribution in [0.4, 0.5) is 0 Å². The summed E-state index contributed by atoms with van der Waals surface area (Å²) in [5.74, 6) is 2.73. The van der Waals surface area contributed by atoms with E-state index in [1.54, 1.807) is 21.3 Å². The first-order chi connectivity index (χ1) is 11.5. The van der Waals surface area contributed by atoms with Crippen LogP contribution in [-0.2, 0) is 4.79 Å². The first-order valence-electron chi connectivity index (χ1n) is 8.27. The molecule has 5 heteroatoms. The number of ether oxygens (including phenoxy) is 3. The quantitative estimate of drug-likeness (QED) is 0.801. The lowest BCUT2D eigenvalue weighted by Gasteiger charge is -2.28. The Morgan fingerprint density at radius 3 is 2.17 bits per heavy atom. The van der Waals surface area contributed by atoms with Gasteiger partial charge in [-0.2, -0.15) is 0 Å². The number of hydrogen-bond acceptors (Lipinski definition) is 4. The van der Waals surface area contributed by atoms with E-state index in [-0.39, 0.29) is 5.91 Å². The van der Waals surface area contributed by atoms with Gasteiger partial charge in [0.15, 0.2) is 0 Å². The fraction of sp³-hybridized carbons (Fsp3) is 0.526. The number of carbonyl (C=O) groups excluding carboxylic acids is 1. The van der Waals surface area contributed by atoms with Gasteiger partial charge >= 0.3 is 0 Å². The van der Waals surface area contributed by atoms with Crippen LogP contribution >= 0.6 is 0 Å². The summed E-state index contributed by atoms with van der Waals surface area (Å²) in [5, 5.41) is 0. The van der Waals surface area contributed by atoms with Gasteiger partial charge in [0, 0.05) is 31.6 Å². The van der Waals surface area contributed by atoms with Crippen molar-refractivity contribution in [3.05, 3.63) is 23.8 Å². The van der Waals surface area contributed by atoms with E-state index in [4.69, 9.17) is 14.2 Å². The second kappa shape index (κ2) is 8.08. The first-order valence-corrected chi connectivity index (χ1v) is 8.27. The van der Waals surface area contributed by atoms with Gasteiger partial charge in [-0.05, 0) is 17.9 Å². The van der Waals surface area contributed by atoms with Crippen molar-refractivity contribution in [1.82, 2.24) is 4.90 Å². The van der Waals surface area contributed by atoms with Crippen molar-refractivity contribution >= 4 is 11.5 Å². The molecule has 1 aromatic carbocycles. The molecule has 1 aliphatic rings. The van der Waals surface area contributed by atoms with Crippen LogP contribution in [0, 0.1) is 5.92 Å². The third-order valence-electron chi connectivity index (χ3n) is 4.18. The number of benzene rings is 1. The maximum Gasteiger partial charge on any atom is 0.223 e. The minimum atomic E-state index is 0.217. The fourth-order valence-electron chi connectivity index (χ4n) is 2.92. The van der Waals surface area contributed by atoms with Gasteiger partial charge in [-0.1, -0.05) is 19.9 Å². The number of nitrogens with zero attached hydrogens (tertiary/aromatic N) is 1. The van der Waals surface area contributed by atoms with E-state index in [2.05, 4.69) is 19.9 Å². The van der Waals surface area contributed by atoms with Crippen molar-refractivity contribution < 1.29 is 19.0 Å². The van der Waals surface area contributed by atoms with E-state index >= 15 is 0 Å². The molecule has 0 unspecified atom stereocenters. The molecule has 0 aromatic heterocycles. The van der Waals surface area contributed by atoms with Crippen LogP contribution in [0.5, 0.6) is 17.2 Å². The molecule has 2 rings (SSSR count). The van der Waals surface area contributed by atoms with E-state index in [0.717, 1.165) is 35.6 Å². The zero-order valence-electron chi connectivity index (χ0n) is 15.2. The van der Waals surface area contributed by atoms with Gasteiger partial charge in [-0.15, -0.1) is 0 Å². The summed E-state index contributed by atoms with van der Waals surface area (Å²) in [4.78, 5) is 14.1. The average molecular weight is 333 g/mol. The van der Waals surface area contributed by atoms with Crippen LogP contribution in [-0.4, -0.2) is 45.2 Å². The molecule has 1 heterocycles. The average Bonchev–Trinajstić information content (AvgIpc) is 2.59. The van der Waals surface area contributed by atoms with Crippen LogP contribution in [0.25, 0.3) is 5.57 Å². The lowest BCUT2D eigenvalue weighted by atomic mass is 9.96. The van der Waals surface area contributed by atoms with Crippen LogP contribution < -0.4 is 14.2 Å². The van der Waals surface area contributed by atoms with Crippen molar-refractivity contribution in [1.29, 1.82) is 0 Å². The van der Waals surface area contributed by atoms with Crippen molar-refractivity contribution in [2.24, 2.45) is 5.92 Å². The highest BCUT2D eigenvalue weighted by atomic mass is 16.5. The highest BCUT2D eigenvalue weighted by Gasteiger charge is 2.23. The monoisotopic (exact) mass is 333 g/mol. The Bertz CT molecular complexity index is 597. The molecule has 0 aliphatic carbocycles. The number of carbonyl (C=O) groups is 1. The second-order valence-corrected chi connectivity index (χ2v) is 6.32. The smallest absolute Gasteiger partial charge is 0.223 e. The molecule has 0 saturated heterocycles. The Hall–Kier alpha value is -2.17. The van der Waals surface area contributed by atoms with Gasteiger partial charge < -0.3 is 19.1 Å². The molecule has 0 saturated carbocycles. The van der Waals surface area contributed by atoms with Gasteiger partial charge in [0.1, 0.15) is 17.2 Å². The van der Waals surface area contributed by atoms with E-state index in [1.165, 1.54) is 0 Å². The maximum absolute atomic E-state index is 12.2. The molecule has 0 radical (unpaired) electrons. The molecular formula is C19H27NO4. The van der Waals surface area contributed by atoms with E-state index in [9.17, 15) is 4.79 Å². The normalized spacial score (nSPS) is 14.4. The highest BCUT2D eigenvalue weighted by molar-refractivity contribution is 5.81.